The third-order valence-corrected chi connectivity index (χ3v) is 3.67. The maximum atomic E-state index is 11.3. The van der Waals surface area contributed by atoms with Gasteiger partial charge in [0.2, 0.25) is 5.91 Å². The van der Waals surface area contributed by atoms with Gasteiger partial charge in [0.15, 0.2) is 0 Å². The first-order chi connectivity index (χ1) is 10.1. The molecule has 2 N–H and O–H groups in total. The monoisotopic (exact) mass is 295 g/mol. The van der Waals surface area contributed by atoms with E-state index in [9.17, 15) is 4.79 Å². The van der Waals surface area contributed by atoms with Crippen LogP contribution in [0.15, 0.2) is 12.3 Å². The molecular weight excluding hydrogens is 270 g/mol. The number of nitrogens with zero attached hydrogens (tertiary/aromatic N) is 4. The summed E-state index contributed by atoms with van der Waals surface area (Å²) in [6.45, 7) is 7.01. The average molecular weight is 295 g/mol. The minimum absolute atomic E-state index is 0.112. The van der Waals surface area contributed by atoms with E-state index in [1.807, 2.05) is 22.6 Å². The van der Waals surface area contributed by atoms with E-state index in [0.29, 0.717) is 13.1 Å². The number of aryl methyl sites for hydroxylation is 1. The van der Waals surface area contributed by atoms with Crippen LogP contribution in [-0.4, -0.2) is 71.4 Å². The van der Waals surface area contributed by atoms with Crippen LogP contribution in [0.2, 0.25) is 0 Å². The quantitative estimate of drug-likeness (QED) is 0.735. The van der Waals surface area contributed by atoms with E-state index in [0.717, 1.165) is 31.9 Å². The minimum Gasteiger partial charge on any atom is -0.374 e. The number of carbonyl (C=O) groups is 1. The van der Waals surface area contributed by atoms with Crippen LogP contribution in [-0.2, 0) is 22.6 Å². The molecule has 2 rings (SSSR count). The molecule has 118 valence electrons. The summed E-state index contributed by atoms with van der Waals surface area (Å²) in [6.07, 6.45) is 1.90. The summed E-state index contributed by atoms with van der Waals surface area (Å²) in [4.78, 5) is 15.6. The third-order valence-electron chi connectivity index (χ3n) is 3.67. The van der Waals surface area contributed by atoms with Crippen LogP contribution in [0.1, 0.15) is 12.6 Å². The molecule has 0 aromatic carbocycles. The van der Waals surface area contributed by atoms with E-state index < -0.39 is 0 Å². The molecule has 1 aliphatic heterocycles. The van der Waals surface area contributed by atoms with Gasteiger partial charge in [-0.05, 0) is 20.0 Å². The topological polar surface area (TPSA) is 76.6 Å². The molecule has 1 atom stereocenters. The van der Waals surface area contributed by atoms with Crippen molar-refractivity contribution >= 4 is 5.91 Å². The van der Waals surface area contributed by atoms with Crippen molar-refractivity contribution in [2.75, 3.05) is 39.8 Å². The second-order valence-corrected chi connectivity index (χ2v) is 5.53. The average Bonchev–Trinajstić information content (AvgIpc) is 2.85. The first-order valence-corrected chi connectivity index (χ1v) is 7.40. The Kier molecular flexibility index (Phi) is 5.72. The Morgan fingerprint density at radius 2 is 2.43 bits per heavy atom. The molecule has 1 amide bonds. The fourth-order valence-corrected chi connectivity index (χ4v) is 2.68. The number of primary amides is 1. The lowest BCUT2D eigenvalue weighted by molar-refractivity contribution is -0.120. The van der Waals surface area contributed by atoms with Crippen LogP contribution in [0.25, 0.3) is 0 Å². The van der Waals surface area contributed by atoms with Gasteiger partial charge < -0.3 is 15.4 Å². The molecule has 21 heavy (non-hydrogen) atoms. The van der Waals surface area contributed by atoms with E-state index >= 15 is 0 Å². The summed E-state index contributed by atoms with van der Waals surface area (Å²) in [6, 6.07) is 1.98. The Labute approximate surface area is 125 Å². The van der Waals surface area contributed by atoms with Gasteiger partial charge in [-0.3, -0.25) is 14.4 Å². The smallest absolute Gasteiger partial charge is 0.231 e. The molecule has 1 saturated heterocycles. The fourth-order valence-electron chi connectivity index (χ4n) is 2.68. The van der Waals surface area contributed by atoms with Gasteiger partial charge in [-0.2, -0.15) is 5.10 Å². The van der Waals surface area contributed by atoms with Gasteiger partial charge in [0.05, 0.1) is 24.9 Å². The Bertz CT molecular complexity index is 462. The minimum atomic E-state index is -0.318. The molecule has 0 spiro atoms. The number of amides is 1. The molecule has 0 bridgehead atoms. The van der Waals surface area contributed by atoms with Crippen LogP contribution in [0.5, 0.6) is 0 Å². The lowest BCUT2D eigenvalue weighted by Crippen LogP contribution is -2.47. The number of carbonyl (C=O) groups excluding carboxylic acids is 1. The molecule has 1 fully saturated rings. The number of hydrogen-bond acceptors (Lipinski definition) is 5. The SMILES string of the molecule is CCn1nccc1CN(CC(N)=O)C[C@H]1CN(C)CCO1. The molecule has 0 saturated carbocycles. The van der Waals surface area contributed by atoms with Gasteiger partial charge in [0, 0.05) is 38.9 Å². The molecule has 0 radical (unpaired) electrons. The van der Waals surface area contributed by atoms with E-state index in [4.69, 9.17) is 10.5 Å². The Morgan fingerprint density at radius 1 is 1.62 bits per heavy atom. The maximum absolute atomic E-state index is 11.3. The Balaban J connectivity index is 1.98. The number of aromatic nitrogens is 2. The summed E-state index contributed by atoms with van der Waals surface area (Å²) >= 11 is 0. The molecule has 1 aliphatic rings. The second kappa shape index (κ2) is 7.53. The van der Waals surface area contributed by atoms with Crippen molar-refractivity contribution in [3.63, 3.8) is 0 Å². The molecule has 1 aromatic rings. The Hall–Kier alpha value is -1.44. The summed E-state index contributed by atoms with van der Waals surface area (Å²) in [7, 11) is 2.08. The van der Waals surface area contributed by atoms with Gasteiger partial charge in [0.1, 0.15) is 0 Å². The maximum Gasteiger partial charge on any atom is 0.231 e. The van der Waals surface area contributed by atoms with Crippen molar-refractivity contribution in [3.05, 3.63) is 18.0 Å². The number of ether oxygens (including phenoxy) is 1. The Morgan fingerprint density at radius 3 is 3.10 bits per heavy atom. The molecule has 7 heteroatoms. The van der Waals surface area contributed by atoms with E-state index in [1.54, 1.807) is 6.20 Å². The molecule has 2 heterocycles. The van der Waals surface area contributed by atoms with Gasteiger partial charge in [0.25, 0.3) is 0 Å². The van der Waals surface area contributed by atoms with Crippen molar-refractivity contribution in [1.82, 2.24) is 19.6 Å². The van der Waals surface area contributed by atoms with E-state index in [2.05, 4.69) is 17.0 Å². The first-order valence-electron chi connectivity index (χ1n) is 7.40. The number of nitrogens with two attached hydrogens (primary N) is 1. The molecule has 1 aromatic heterocycles. The van der Waals surface area contributed by atoms with Crippen molar-refractivity contribution in [1.29, 1.82) is 0 Å². The zero-order chi connectivity index (χ0) is 15.2. The first kappa shape index (κ1) is 15.9. The van der Waals surface area contributed by atoms with Crippen LogP contribution in [0, 0.1) is 0 Å². The summed E-state index contributed by atoms with van der Waals surface area (Å²) in [5.41, 5.74) is 6.46. The van der Waals surface area contributed by atoms with Gasteiger partial charge in [-0.1, -0.05) is 0 Å². The van der Waals surface area contributed by atoms with Crippen molar-refractivity contribution in [2.45, 2.75) is 26.1 Å². The predicted octanol–water partition coefficient (Wildman–Crippen LogP) is -0.479. The highest BCUT2D eigenvalue weighted by atomic mass is 16.5. The highest BCUT2D eigenvalue weighted by Gasteiger charge is 2.22. The second-order valence-electron chi connectivity index (χ2n) is 5.53. The van der Waals surface area contributed by atoms with E-state index in [-0.39, 0.29) is 18.6 Å². The summed E-state index contributed by atoms with van der Waals surface area (Å²) < 4.78 is 7.71. The largest absolute Gasteiger partial charge is 0.374 e. The van der Waals surface area contributed by atoms with Gasteiger partial charge in [-0.15, -0.1) is 0 Å². The van der Waals surface area contributed by atoms with E-state index in [1.165, 1.54) is 0 Å². The normalized spacial score (nSPS) is 20.0. The van der Waals surface area contributed by atoms with Crippen LogP contribution < -0.4 is 5.73 Å². The number of rotatable bonds is 7. The third kappa shape index (κ3) is 4.80. The van der Waals surface area contributed by atoms with Crippen molar-refractivity contribution < 1.29 is 9.53 Å². The molecule has 0 unspecified atom stereocenters. The van der Waals surface area contributed by atoms with Crippen LogP contribution in [0.3, 0.4) is 0 Å². The lowest BCUT2D eigenvalue weighted by Gasteiger charge is -2.33. The molecule has 7 nitrogen and oxygen atoms in total. The number of hydrogen-bond donors (Lipinski definition) is 1. The van der Waals surface area contributed by atoms with Crippen molar-refractivity contribution in [2.24, 2.45) is 5.73 Å². The standard InChI is InChI=1S/C14H25N5O2/c1-3-19-12(4-5-16-19)8-18(11-14(15)20)10-13-9-17(2)6-7-21-13/h4-5,13H,3,6-11H2,1-2H3,(H2,15,20)/t13-/m1/s1. The predicted molar refractivity (Wildman–Crippen MR) is 79.6 cm³/mol. The summed E-state index contributed by atoms with van der Waals surface area (Å²) in [5, 5.41) is 4.26. The number of morpholine rings is 1. The van der Waals surface area contributed by atoms with Crippen molar-refractivity contribution in [3.8, 4) is 0 Å². The molecule has 0 aliphatic carbocycles. The zero-order valence-corrected chi connectivity index (χ0v) is 12.9. The lowest BCUT2D eigenvalue weighted by atomic mass is 10.2. The number of likely N-dealkylation sites (N-methyl/N-ethyl adjacent to an activating group) is 1. The molecular formula is C14H25N5O2. The van der Waals surface area contributed by atoms with Crippen LogP contribution in [0.4, 0.5) is 0 Å². The summed E-state index contributed by atoms with van der Waals surface area (Å²) in [5.74, 6) is -0.318. The van der Waals surface area contributed by atoms with Gasteiger partial charge in [-0.25, -0.2) is 0 Å². The fraction of sp³-hybridized carbons (Fsp3) is 0.714. The zero-order valence-electron chi connectivity index (χ0n) is 12.9. The van der Waals surface area contributed by atoms with Crippen LogP contribution >= 0.6 is 0 Å². The highest BCUT2D eigenvalue weighted by molar-refractivity contribution is 5.75. The van der Waals surface area contributed by atoms with Gasteiger partial charge >= 0.3 is 0 Å². The highest BCUT2D eigenvalue weighted by Crippen LogP contribution is 2.09.